The van der Waals surface area contributed by atoms with E-state index in [0.29, 0.717) is 34.6 Å². The van der Waals surface area contributed by atoms with E-state index in [1.54, 1.807) is 50.2 Å². The average Bonchev–Trinajstić information content (AvgIpc) is 3.21. The SMILES string of the molecule is COc1cc2c(cc1OC)C(NC(=O)C(CCSC)n1c(=O)[nH]c3ccccc3c1=O)CC2. The van der Waals surface area contributed by atoms with Crippen LogP contribution < -0.4 is 26.0 Å². The van der Waals surface area contributed by atoms with Crippen molar-refractivity contribution >= 4 is 28.6 Å². The maximum Gasteiger partial charge on any atom is 0.329 e. The molecule has 2 aromatic carbocycles. The largest absolute Gasteiger partial charge is 0.493 e. The Morgan fingerprint density at radius 2 is 1.94 bits per heavy atom. The summed E-state index contributed by atoms with van der Waals surface area (Å²) in [6, 6.07) is 9.49. The maximum atomic E-state index is 13.4. The zero-order valence-corrected chi connectivity index (χ0v) is 19.7. The van der Waals surface area contributed by atoms with E-state index in [0.717, 1.165) is 28.5 Å². The summed E-state index contributed by atoms with van der Waals surface area (Å²) in [5.41, 5.74) is 1.45. The number of H-pyrrole nitrogens is 1. The normalized spacial score (nSPS) is 15.8. The van der Waals surface area contributed by atoms with Crippen LogP contribution in [0, 0.1) is 0 Å². The number of fused-ring (bicyclic) bond motifs is 2. The fraction of sp³-hybridized carbons (Fsp3) is 0.375. The minimum absolute atomic E-state index is 0.237. The Kier molecular flexibility index (Phi) is 6.78. The van der Waals surface area contributed by atoms with Crippen LogP contribution in [0.4, 0.5) is 0 Å². The number of thioether (sulfide) groups is 1. The lowest BCUT2D eigenvalue weighted by Crippen LogP contribution is -2.45. The molecule has 8 nitrogen and oxygen atoms in total. The number of aryl methyl sites for hydroxylation is 1. The number of aromatic nitrogens is 2. The number of hydrogen-bond donors (Lipinski definition) is 2. The van der Waals surface area contributed by atoms with Crippen LogP contribution in [0.15, 0.2) is 46.0 Å². The number of methoxy groups -OCH3 is 2. The molecule has 0 spiro atoms. The van der Waals surface area contributed by atoms with Crippen molar-refractivity contribution in [3.05, 3.63) is 68.4 Å². The molecule has 174 valence electrons. The molecule has 0 aliphatic heterocycles. The Morgan fingerprint density at radius 3 is 2.67 bits per heavy atom. The molecule has 1 amide bonds. The minimum Gasteiger partial charge on any atom is -0.493 e. The van der Waals surface area contributed by atoms with E-state index in [-0.39, 0.29) is 11.9 Å². The van der Waals surface area contributed by atoms with E-state index < -0.39 is 17.3 Å². The van der Waals surface area contributed by atoms with Crippen LogP contribution in [0.3, 0.4) is 0 Å². The second-order valence-corrected chi connectivity index (χ2v) is 8.94. The van der Waals surface area contributed by atoms with Crippen molar-refractivity contribution < 1.29 is 14.3 Å². The highest BCUT2D eigenvalue weighted by Gasteiger charge is 2.31. The van der Waals surface area contributed by atoms with E-state index in [9.17, 15) is 14.4 Å². The Balaban J connectivity index is 1.69. The molecule has 2 atom stereocenters. The molecular weight excluding hydrogens is 442 g/mol. The van der Waals surface area contributed by atoms with Crippen LogP contribution in [0.5, 0.6) is 11.5 Å². The predicted octanol–water partition coefficient (Wildman–Crippen LogP) is 2.80. The molecule has 1 heterocycles. The molecule has 9 heteroatoms. The number of para-hydroxylation sites is 1. The monoisotopic (exact) mass is 469 g/mol. The van der Waals surface area contributed by atoms with E-state index in [1.165, 1.54) is 0 Å². The molecule has 0 fully saturated rings. The number of carbonyl (C=O) groups excluding carboxylic acids is 1. The highest BCUT2D eigenvalue weighted by Crippen LogP contribution is 2.39. The highest BCUT2D eigenvalue weighted by atomic mass is 32.2. The van der Waals surface area contributed by atoms with Crippen LogP contribution in [0.25, 0.3) is 10.9 Å². The number of rotatable bonds is 8. The molecule has 2 unspecified atom stereocenters. The lowest BCUT2D eigenvalue weighted by molar-refractivity contribution is -0.125. The van der Waals surface area contributed by atoms with Crippen molar-refractivity contribution in [1.82, 2.24) is 14.9 Å². The standard InChI is InChI=1S/C24H27N3O5S/c1-31-20-12-14-8-9-18(16(14)13-21(20)32-2)25-22(28)19(10-11-33-3)27-23(29)15-6-4-5-7-17(15)26-24(27)30/h4-7,12-13,18-19H,8-11H2,1-3H3,(H,25,28)(H,26,30). The molecule has 3 aromatic rings. The third-order valence-electron chi connectivity index (χ3n) is 6.09. The number of carbonyl (C=O) groups is 1. The number of amides is 1. The van der Waals surface area contributed by atoms with Crippen LogP contribution in [0.2, 0.25) is 0 Å². The van der Waals surface area contributed by atoms with Crippen LogP contribution in [0.1, 0.15) is 36.1 Å². The summed E-state index contributed by atoms with van der Waals surface area (Å²) in [5.74, 6) is 1.52. The number of nitrogens with one attached hydrogen (secondary N) is 2. The topological polar surface area (TPSA) is 102 Å². The van der Waals surface area contributed by atoms with Crippen molar-refractivity contribution in [3.8, 4) is 11.5 Å². The predicted molar refractivity (Wildman–Crippen MR) is 130 cm³/mol. The van der Waals surface area contributed by atoms with Gasteiger partial charge in [0.1, 0.15) is 6.04 Å². The third-order valence-corrected chi connectivity index (χ3v) is 6.73. The lowest BCUT2D eigenvalue weighted by Gasteiger charge is -2.22. The lowest BCUT2D eigenvalue weighted by atomic mass is 10.1. The molecule has 0 saturated heterocycles. The van der Waals surface area contributed by atoms with Gasteiger partial charge in [0.2, 0.25) is 5.91 Å². The van der Waals surface area contributed by atoms with Gasteiger partial charge in [-0.05, 0) is 66.7 Å². The van der Waals surface area contributed by atoms with Gasteiger partial charge in [0, 0.05) is 0 Å². The van der Waals surface area contributed by atoms with Gasteiger partial charge < -0.3 is 19.8 Å². The van der Waals surface area contributed by atoms with E-state index in [2.05, 4.69) is 10.3 Å². The van der Waals surface area contributed by atoms with Crippen molar-refractivity contribution in [2.24, 2.45) is 0 Å². The quantitative estimate of drug-likeness (QED) is 0.526. The summed E-state index contributed by atoms with van der Waals surface area (Å²) >= 11 is 1.56. The minimum atomic E-state index is -0.914. The molecule has 1 aromatic heterocycles. The van der Waals surface area contributed by atoms with Gasteiger partial charge in [0.05, 0.1) is 31.2 Å². The molecule has 33 heavy (non-hydrogen) atoms. The Morgan fingerprint density at radius 1 is 1.21 bits per heavy atom. The van der Waals surface area contributed by atoms with Gasteiger partial charge in [-0.15, -0.1) is 0 Å². The van der Waals surface area contributed by atoms with E-state index in [4.69, 9.17) is 9.47 Å². The molecule has 1 aliphatic carbocycles. The Bertz CT molecular complexity index is 1300. The maximum absolute atomic E-state index is 13.4. The number of aromatic amines is 1. The second kappa shape index (κ2) is 9.74. The highest BCUT2D eigenvalue weighted by molar-refractivity contribution is 7.98. The number of hydrogen-bond acceptors (Lipinski definition) is 6. The summed E-state index contributed by atoms with van der Waals surface area (Å²) in [5, 5.41) is 3.45. The summed E-state index contributed by atoms with van der Waals surface area (Å²) in [4.78, 5) is 42.2. The molecule has 0 radical (unpaired) electrons. The number of benzene rings is 2. The number of ether oxygens (including phenoxy) is 2. The zero-order valence-electron chi connectivity index (χ0n) is 18.8. The first-order valence-corrected chi connectivity index (χ1v) is 12.2. The second-order valence-electron chi connectivity index (χ2n) is 7.95. The van der Waals surface area contributed by atoms with Gasteiger partial charge in [-0.2, -0.15) is 11.8 Å². The average molecular weight is 470 g/mol. The summed E-state index contributed by atoms with van der Waals surface area (Å²) in [6.07, 6.45) is 3.79. The first-order valence-electron chi connectivity index (χ1n) is 10.8. The van der Waals surface area contributed by atoms with Crippen LogP contribution in [-0.4, -0.2) is 41.7 Å². The fourth-order valence-corrected chi connectivity index (χ4v) is 4.88. The van der Waals surface area contributed by atoms with Crippen molar-refractivity contribution in [3.63, 3.8) is 0 Å². The van der Waals surface area contributed by atoms with Crippen LogP contribution >= 0.6 is 11.8 Å². The smallest absolute Gasteiger partial charge is 0.329 e. The van der Waals surface area contributed by atoms with Gasteiger partial charge in [-0.3, -0.25) is 9.59 Å². The van der Waals surface area contributed by atoms with E-state index >= 15 is 0 Å². The van der Waals surface area contributed by atoms with Crippen molar-refractivity contribution in [2.75, 3.05) is 26.2 Å². The van der Waals surface area contributed by atoms with Crippen LogP contribution in [-0.2, 0) is 11.2 Å². The Hall–Kier alpha value is -3.20. The van der Waals surface area contributed by atoms with Gasteiger partial charge in [0.25, 0.3) is 5.56 Å². The summed E-state index contributed by atoms with van der Waals surface area (Å²) < 4.78 is 11.9. The molecule has 0 saturated carbocycles. The van der Waals surface area contributed by atoms with Gasteiger partial charge in [-0.25, -0.2) is 9.36 Å². The first kappa shape index (κ1) is 23.0. The summed E-state index contributed by atoms with van der Waals surface area (Å²) in [6.45, 7) is 0. The molecule has 4 rings (SSSR count). The van der Waals surface area contributed by atoms with Crippen molar-refractivity contribution in [1.29, 1.82) is 0 Å². The fourth-order valence-electron chi connectivity index (χ4n) is 4.42. The Labute approximate surface area is 195 Å². The zero-order chi connectivity index (χ0) is 23.5. The number of nitrogens with zero attached hydrogens (tertiary/aromatic N) is 1. The summed E-state index contributed by atoms with van der Waals surface area (Å²) in [7, 11) is 3.16. The molecule has 2 N–H and O–H groups in total. The molecule has 0 bridgehead atoms. The van der Waals surface area contributed by atoms with Gasteiger partial charge >= 0.3 is 5.69 Å². The third kappa shape index (κ3) is 4.37. The van der Waals surface area contributed by atoms with Gasteiger partial charge in [0.15, 0.2) is 11.5 Å². The molecular formula is C24H27N3O5S. The first-order chi connectivity index (χ1) is 16.0. The molecule has 1 aliphatic rings. The van der Waals surface area contributed by atoms with E-state index in [1.807, 2.05) is 18.4 Å². The van der Waals surface area contributed by atoms with Crippen molar-refractivity contribution in [2.45, 2.75) is 31.3 Å². The van der Waals surface area contributed by atoms with Gasteiger partial charge in [-0.1, -0.05) is 12.1 Å².